The molecule has 3 nitrogen and oxygen atoms in total. The third kappa shape index (κ3) is 4.29. The van der Waals surface area contributed by atoms with Crippen molar-refractivity contribution in [2.45, 2.75) is 26.7 Å². The molecule has 0 saturated heterocycles. The van der Waals surface area contributed by atoms with Gasteiger partial charge in [-0.25, -0.2) is 0 Å². The maximum Gasteiger partial charge on any atom is 0.178 e. The summed E-state index contributed by atoms with van der Waals surface area (Å²) in [5.74, 6) is 0. The number of fused-ring (bicyclic) bond motifs is 10. The van der Waals surface area contributed by atoms with E-state index < -0.39 is 0 Å². The van der Waals surface area contributed by atoms with Gasteiger partial charge in [0.25, 0.3) is 0 Å². The summed E-state index contributed by atoms with van der Waals surface area (Å²) in [4.78, 5) is 0. The fraction of sp³-hybridized carbons (Fsp3) is 0.0870. The van der Waals surface area contributed by atoms with Gasteiger partial charge in [-0.1, -0.05) is 92.2 Å². The van der Waals surface area contributed by atoms with Gasteiger partial charge in [0.15, 0.2) is 11.2 Å². The summed E-state index contributed by atoms with van der Waals surface area (Å²) in [6.07, 6.45) is 2.02. The second kappa shape index (κ2) is 10.7. The maximum absolute atomic E-state index is 6.62. The molecule has 10 aromatic rings. The Bertz CT molecular complexity index is 2910. The molecule has 3 heterocycles. The SMILES string of the molecule is CCCc1c(-c2ccccc2C)ccc2c1oc1ccc(-c3cccc(-c4ccc5oc6c(ccc7c8ccccc8oc76)c5c4)c3)cc12. The van der Waals surface area contributed by atoms with Crippen molar-refractivity contribution in [1.82, 2.24) is 0 Å². The Kier molecular flexibility index (Phi) is 6.13. The molecule has 0 aliphatic heterocycles. The van der Waals surface area contributed by atoms with Gasteiger partial charge in [0.05, 0.1) is 0 Å². The topological polar surface area (TPSA) is 39.4 Å². The van der Waals surface area contributed by atoms with Crippen LogP contribution in [0.15, 0.2) is 147 Å². The van der Waals surface area contributed by atoms with Crippen LogP contribution in [-0.2, 0) is 6.42 Å². The first-order valence-corrected chi connectivity index (χ1v) is 17.1. The third-order valence-corrected chi connectivity index (χ3v) is 10.2. The lowest BCUT2D eigenvalue weighted by molar-refractivity contribution is 0.633. The molecule has 0 fully saturated rings. The first kappa shape index (κ1) is 28.0. The number of hydrogen-bond acceptors (Lipinski definition) is 3. The van der Waals surface area contributed by atoms with Crippen LogP contribution in [0.5, 0.6) is 0 Å². The first-order valence-electron chi connectivity index (χ1n) is 17.1. The molecule has 0 aliphatic carbocycles. The molecule has 0 aliphatic rings. The van der Waals surface area contributed by atoms with Gasteiger partial charge in [0.2, 0.25) is 0 Å². The summed E-state index contributed by atoms with van der Waals surface area (Å²) in [6.45, 7) is 4.42. The van der Waals surface area contributed by atoms with Crippen molar-refractivity contribution in [3.8, 4) is 33.4 Å². The lowest BCUT2D eigenvalue weighted by Crippen LogP contribution is -1.92. The molecule has 3 heteroatoms. The molecule has 10 rings (SSSR count). The summed E-state index contributed by atoms with van der Waals surface area (Å²) in [6, 6.07) is 47.5. The summed E-state index contributed by atoms with van der Waals surface area (Å²) < 4.78 is 19.3. The molecule has 0 N–H and O–H groups in total. The van der Waals surface area contributed by atoms with Crippen molar-refractivity contribution in [1.29, 1.82) is 0 Å². The highest BCUT2D eigenvalue weighted by Gasteiger charge is 2.18. The molecule has 3 aromatic heterocycles. The van der Waals surface area contributed by atoms with Gasteiger partial charge >= 0.3 is 0 Å². The Morgan fingerprint density at radius 2 is 0.959 bits per heavy atom. The van der Waals surface area contributed by atoms with E-state index in [4.69, 9.17) is 13.3 Å². The zero-order chi connectivity index (χ0) is 32.6. The Balaban J connectivity index is 1.07. The second-order valence-electron chi connectivity index (χ2n) is 13.2. The summed E-state index contributed by atoms with van der Waals surface area (Å²) >= 11 is 0. The van der Waals surface area contributed by atoms with Gasteiger partial charge in [-0.15, -0.1) is 0 Å². The number of furan rings is 3. The molecule has 0 unspecified atom stereocenters. The number of rotatable bonds is 5. The van der Waals surface area contributed by atoms with Crippen LogP contribution in [0.4, 0.5) is 0 Å². The minimum Gasteiger partial charge on any atom is -0.456 e. The van der Waals surface area contributed by atoms with Crippen molar-refractivity contribution in [3.05, 3.63) is 145 Å². The van der Waals surface area contributed by atoms with E-state index >= 15 is 0 Å². The smallest absolute Gasteiger partial charge is 0.178 e. The van der Waals surface area contributed by atoms with Crippen molar-refractivity contribution in [3.63, 3.8) is 0 Å². The Hall–Kier alpha value is -6.06. The van der Waals surface area contributed by atoms with Crippen molar-refractivity contribution < 1.29 is 13.3 Å². The number of benzene rings is 7. The molecule has 0 saturated carbocycles. The Morgan fingerprint density at radius 1 is 0.408 bits per heavy atom. The van der Waals surface area contributed by atoms with Crippen LogP contribution in [0.3, 0.4) is 0 Å². The van der Waals surface area contributed by atoms with E-state index in [1.807, 2.05) is 18.2 Å². The number of para-hydroxylation sites is 1. The van der Waals surface area contributed by atoms with Crippen LogP contribution in [0.2, 0.25) is 0 Å². The summed E-state index contributed by atoms with van der Waals surface area (Å²) in [7, 11) is 0. The van der Waals surface area contributed by atoms with E-state index in [0.29, 0.717) is 0 Å². The Labute approximate surface area is 283 Å². The second-order valence-corrected chi connectivity index (χ2v) is 13.2. The first-order chi connectivity index (χ1) is 24.1. The predicted octanol–water partition coefficient (Wildman–Crippen LogP) is 13.6. The van der Waals surface area contributed by atoms with Gasteiger partial charge in [0.1, 0.15) is 22.3 Å². The van der Waals surface area contributed by atoms with Gasteiger partial charge in [0, 0.05) is 37.9 Å². The van der Waals surface area contributed by atoms with Crippen LogP contribution in [0, 0.1) is 6.92 Å². The molecular weight excluding hydrogens is 601 g/mol. The number of aryl methyl sites for hydroxylation is 2. The lowest BCUT2D eigenvalue weighted by Gasteiger charge is -2.12. The van der Waals surface area contributed by atoms with Crippen LogP contribution < -0.4 is 0 Å². The molecule has 7 aromatic carbocycles. The number of hydrogen-bond donors (Lipinski definition) is 0. The zero-order valence-corrected chi connectivity index (χ0v) is 27.3. The van der Waals surface area contributed by atoms with Crippen LogP contribution in [-0.4, -0.2) is 0 Å². The maximum atomic E-state index is 6.62. The highest BCUT2D eigenvalue weighted by molar-refractivity contribution is 6.19. The minimum absolute atomic E-state index is 0.795. The molecule has 0 bridgehead atoms. The fourth-order valence-electron chi connectivity index (χ4n) is 7.78. The lowest BCUT2D eigenvalue weighted by atomic mass is 9.92. The average molecular weight is 633 g/mol. The van der Waals surface area contributed by atoms with E-state index in [1.165, 1.54) is 38.8 Å². The molecule has 0 atom stereocenters. The monoisotopic (exact) mass is 632 g/mol. The standard InChI is InChI=1S/C46H32O3/c1-3-9-35-33(32-13-5-4-10-27(32)2)18-19-37-39-25-30(16-22-42(39)47-44(35)37)28-11-8-12-29(24-28)31-17-23-43-40(26-31)38-21-20-36-34-14-6-7-15-41(34)48-45(36)46(38)49-43/h4-8,10-26H,3,9H2,1-2H3. The molecule has 0 radical (unpaired) electrons. The molecule has 234 valence electrons. The van der Waals surface area contributed by atoms with Crippen LogP contribution >= 0.6 is 0 Å². The predicted molar refractivity (Wildman–Crippen MR) is 203 cm³/mol. The summed E-state index contributed by atoms with van der Waals surface area (Å²) in [5, 5.41) is 6.64. The highest BCUT2D eigenvalue weighted by atomic mass is 16.4. The Morgan fingerprint density at radius 3 is 1.65 bits per heavy atom. The van der Waals surface area contributed by atoms with E-state index in [9.17, 15) is 0 Å². The highest BCUT2D eigenvalue weighted by Crippen LogP contribution is 2.42. The minimum atomic E-state index is 0.795. The van der Waals surface area contributed by atoms with Gasteiger partial charge in [-0.3, -0.25) is 0 Å². The zero-order valence-electron chi connectivity index (χ0n) is 27.3. The summed E-state index contributed by atoms with van der Waals surface area (Å²) in [5.41, 5.74) is 15.0. The van der Waals surface area contributed by atoms with Crippen molar-refractivity contribution in [2.24, 2.45) is 0 Å². The van der Waals surface area contributed by atoms with E-state index in [1.54, 1.807) is 0 Å². The molecule has 49 heavy (non-hydrogen) atoms. The fourth-order valence-corrected chi connectivity index (χ4v) is 7.78. The van der Waals surface area contributed by atoms with Crippen LogP contribution in [0.1, 0.15) is 24.5 Å². The quantitative estimate of drug-likeness (QED) is 0.189. The van der Waals surface area contributed by atoms with Gasteiger partial charge < -0.3 is 13.3 Å². The van der Waals surface area contributed by atoms with Crippen molar-refractivity contribution >= 4 is 65.8 Å². The third-order valence-electron chi connectivity index (χ3n) is 10.2. The van der Waals surface area contributed by atoms with Crippen molar-refractivity contribution in [2.75, 3.05) is 0 Å². The van der Waals surface area contributed by atoms with Crippen LogP contribution in [0.25, 0.3) is 99.2 Å². The molecule has 0 spiro atoms. The van der Waals surface area contributed by atoms with E-state index in [-0.39, 0.29) is 0 Å². The normalized spacial score (nSPS) is 12.0. The largest absolute Gasteiger partial charge is 0.456 e. The average Bonchev–Trinajstić information content (AvgIpc) is 3.83. The van der Waals surface area contributed by atoms with E-state index in [2.05, 4.69) is 129 Å². The van der Waals surface area contributed by atoms with E-state index in [0.717, 1.165) is 84.4 Å². The molecular formula is C46H32O3. The van der Waals surface area contributed by atoms with Gasteiger partial charge in [-0.2, -0.15) is 0 Å². The van der Waals surface area contributed by atoms with Gasteiger partial charge in [-0.05, 0) is 107 Å². The molecule has 0 amide bonds.